The number of aryl methyl sites for hydroxylation is 1. The van der Waals surface area contributed by atoms with Gasteiger partial charge in [-0.25, -0.2) is 0 Å². The third-order valence-corrected chi connectivity index (χ3v) is 4.95. The Balaban J connectivity index is 1.73. The molecule has 0 aliphatic rings. The van der Waals surface area contributed by atoms with Crippen molar-refractivity contribution in [2.24, 2.45) is 0 Å². The summed E-state index contributed by atoms with van der Waals surface area (Å²) in [4.78, 5) is 28.6. The molecule has 1 heterocycles. The van der Waals surface area contributed by atoms with Crippen LogP contribution in [-0.2, 0) is 15.3 Å². The minimum Gasteiger partial charge on any atom is -0.469 e. The number of nitrogens with one attached hydrogen (secondary N) is 1. The largest absolute Gasteiger partial charge is 0.469 e. The van der Waals surface area contributed by atoms with Crippen molar-refractivity contribution in [1.29, 1.82) is 0 Å². The van der Waals surface area contributed by atoms with Crippen molar-refractivity contribution in [3.63, 3.8) is 0 Å². The second-order valence-electron chi connectivity index (χ2n) is 6.01. The lowest BCUT2D eigenvalue weighted by Gasteiger charge is -2.09. The highest BCUT2D eigenvalue weighted by atomic mass is 32.2. The summed E-state index contributed by atoms with van der Waals surface area (Å²) in [5.41, 5.74) is 0.647. The van der Waals surface area contributed by atoms with Crippen LogP contribution in [0.2, 0.25) is 0 Å². The van der Waals surface area contributed by atoms with Crippen LogP contribution in [0.25, 0.3) is 0 Å². The van der Waals surface area contributed by atoms with E-state index in [1.807, 2.05) is 24.3 Å². The maximum absolute atomic E-state index is 12.5. The van der Waals surface area contributed by atoms with Crippen molar-refractivity contribution in [2.75, 3.05) is 13.7 Å². The lowest BCUT2D eigenvalue weighted by Crippen LogP contribution is -2.25. The van der Waals surface area contributed by atoms with Gasteiger partial charge < -0.3 is 14.6 Å². The number of methoxy groups -OCH3 is 1. The van der Waals surface area contributed by atoms with Gasteiger partial charge in [-0.2, -0.15) is 4.98 Å². The Bertz CT molecular complexity index is 748. The summed E-state index contributed by atoms with van der Waals surface area (Å²) < 4.78 is 9.57. The molecule has 27 heavy (non-hydrogen) atoms. The van der Waals surface area contributed by atoms with Gasteiger partial charge in [0, 0.05) is 24.8 Å². The van der Waals surface area contributed by atoms with Crippen molar-refractivity contribution in [3.05, 3.63) is 41.5 Å². The molecule has 0 saturated heterocycles. The number of nitrogens with zero attached hydrogens (tertiary/aromatic N) is 2. The third-order valence-electron chi connectivity index (χ3n) is 3.88. The molecular formula is C19H25N3O4S. The molecule has 1 N–H and O–H groups in total. The summed E-state index contributed by atoms with van der Waals surface area (Å²) in [6, 6.07) is 7.49. The van der Waals surface area contributed by atoms with E-state index in [1.54, 1.807) is 6.92 Å². The van der Waals surface area contributed by atoms with Crippen molar-refractivity contribution in [2.45, 2.75) is 49.7 Å². The SMILES string of the molecule is COC(=O)CCCCCCNC(=O)c1ccccc1SCc1noc(C)n1. The number of unbranched alkanes of at least 4 members (excludes halogenated alkanes) is 3. The van der Waals surface area contributed by atoms with Crippen LogP contribution in [0.4, 0.5) is 0 Å². The number of ether oxygens (including phenoxy) is 1. The maximum atomic E-state index is 12.5. The Morgan fingerprint density at radius 2 is 1.96 bits per heavy atom. The van der Waals surface area contributed by atoms with Gasteiger partial charge in [0.1, 0.15) is 0 Å². The lowest BCUT2D eigenvalue weighted by molar-refractivity contribution is -0.140. The van der Waals surface area contributed by atoms with E-state index in [4.69, 9.17) is 4.52 Å². The van der Waals surface area contributed by atoms with E-state index in [2.05, 4.69) is 20.2 Å². The quantitative estimate of drug-likeness (QED) is 0.356. The Morgan fingerprint density at radius 1 is 1.19 bits per heavy atom. The van der Waals surface area contributed by atoms with Gasteiger partial charge in [0.2, 0.25) is 5.89 Å². The van der Waals surface area contributed by atoms with Crippen molar-refractivity contribution in [3.8, 4) is 0 Å². The summed E-state index contributed by atoms with van der Waals surface area (Å²) in [7, 11) is 1.40. The molecule has 146 valence electrons. The number of esters is 1. The van der Waals surface area contributed by atoms with Crippen molar-refractivity contribution >= 4 is 23.6 Å². The molecule has 0 aliphatic heterocycles. The fraction of sp³-hybridized carbons (Fsp3) is 0.474. The second kappa shape index (κ2) is 11.4. The van der Waals surface area contributed by atoms with E-state index in [-0.39, 0.29) is 11.9 Å². The van der Waals surface area contributed by atoms with E-state index in [0.29, 0.717) is 36.0 Å². The van der Waals surface area contributed by atoms with Gasteiger partial charge in [0.05, 0.1) is 18.4 Å². The first kappa shape index (κ1) is 21.0. The molecule has 0 bridgehead atoms. The first-order chi connectivity index (χ1) is 13.1. The number of rotatable bonds is 11. The predicted molar refractivity (Wildman–Crippen MR) is 102 cm³/mol. The van der Waals surface area contributed by atoms with Gasteiger partial charge in [-0.1, -0.05) is 30.1 Å². The predicted octanol–water partition coefficient (Wildman–Crippen LogP) is 3.52. The Labute approximate surface area is 163 Å². The first-order valence-corrected chi connectivity index (χ1v) is 9.94. The summed E-state index contributed by atoms with van der Waals surface area (Å²) in [5.74, 6) is 1.43. The van der Waals surface area contributed by atoms with E-state index < -0.39 is 0 Å². The normalized spacial score (nSPS) is 10.6. The molecule has 2 rings (SSSR count). The van der Waals surface area contributed by atoms with E-state index in [9.17, 15) is 9.59 Å². The van der Waals surface area contributed by atoms with Crippen LogP contribution in [0.5, 0.6) is 0 Å². The monoisotopic (exact) mass is 391 g/mol. The number of hydrogen-bond donors (Lipinski definition) is 1. The minimum atomic E-state index is -0.173. The molecule has 0 saturated carbocycles. The van der Waals surface area contributed by atoms with Crippen LogP contribution in [0, 0.1) is 6.92 Å². The average Bonchev–Trinajstić information content (AvgIpc) is 3.10. The molecule has 0 atom stereocenters. The van der Waals surface area contributed by atoms with Crippen molar-refractivity contribution in [1.82, 2.24) is 15.5 Å². The van der Waals surface area contributed by atoms with Gasteiger partial charge in [0.15, 0.2) is 5.82 Å². The first-order valence-electron chi connectivity index (χ1n) is 8.96. The van der Waals surface area contributed by atoms with Crippen LogP contribution in [-0.4, -0.2) is 35.7 Å². The lowest BCUT2D eigenvalue weighted by atomic mass is 10.1. The van der Waals surface area contributed by atoms with Crippen LogP contribution in [0.15, 0.2) is 33.7 Å². The van der Waals surface area contributed by atoms with Crippen molar-refractivity contribution < 1.29 is 18.8 Å². The van der Waals surface area contributed by atoms with Crippen LogP contribution >= 0.6 is 11.8 Å². The molecular weight excluding hydrogens is 366 g/mol. The summed E-state index contributed by atoms with van der Waals surface area (Å²) in [6.07, 6.45) is 4.06. The summed E-state index contributed by atoms with van der Waals surface area (Å²) in [6.45, 7) is 2.36. The van der Waals surface area contributed by atoms with E-state index >= 15 is 0 Å². The Kier molecular flexibility index (Phi) is 8.83. The highest BCUT2D eigenvalue weighted by Crippen LogP contribution is 2.25. The number of aromatic nitrogens is 2. The smallest absolute Gasteiger partial charge is 0.305 e. The number of hydrogen-bond acceptors (Lipinski definition) is 7. The van der Waals surface area contributed by atoms with Gasteiger partial charge in [-0.05, 0) is 25.0 Å². The number of thioether (sulfide) groups is 1. The number of carbonyl (C=O) groups excluding carboxylic acids is 2. The highest BCUT2D eigenvalue weighted by molar-refractivity contribution is 7.98. The maximum Gasteiger partial charge on any atom is 0.305 e. The zero-order valence-electron chi connectivity index (χ0n) is 15.7. The van der Waals surface area contributed by atoms with Crippen LogP contribution < -0.4 is 5.32 Å². The number of carbonyl (C=O) groups is 2. The molecule has 1 aromatic carbocycles. The molecule has 0 fully saturated rings. The molecule has 0 aliphatic carbocycles. The zero-order valence-corrected chi connectivity index (χ0v) is 16.5. The summed E-state index contributed by atoms with van der Waals surface area (Å²) >= 11 is 1.51. The third kappa shape index (κ3) is 7.42. The summed E-state index contributed by atoms with van der Waals surface area (Å²) in [5, 5.41) is 6.83. The fourth-order valence-electron chi connectivity index (χ4n) is 2.47. The van der Waals surface area contributed by atoms with E-state index in [1.165, 1.54) is 18.9 Å². The molecule has 0 unspecified atom stereocenters. The fourth-order valence-corrected chi connectivity index (χ4v) is 3.36. The van der Waals surface area contributed by atoms with Gasteiger partial charge in [-0.3, -0.25) is 9.59 Å². The van der Waals surface area contributed by atoms with Crippen LogP contribution in [0.3, 0.4) is 0 Å². The second-order valence-corrected chi connectivity index (χ2v) is 7.03. The topological polar surface area (TPSA) is 94.3 Å². The standard InChI is InChI=1S/C19H25N3O4S/c1-14-21-17(22-26-14)13-27-16-10-7-6-9-15(16)19(24)20-12-8-4-3-5-11-18(23)25-2/h6-7,9-10H,3-5,8,11-13H2,1-2H3,(H,20,24). The van der Waals surface area contributed by atoms with Gasteiger partial charge >= 0.3 is 5.97 Å². The molecule has 0 radical (unpaired) electrons. The molecule has 1 aromatic heterocycles. The van der Waals surface area contributed by atoms with Crippen LogP contribution in [0.1, 0.15) is 54.2 Å². The molecule has 7 nitrogen and oxygen atoms in total. The average molecular weight is 391 g/mol. The molecule has 2 aromatic rings. The molecule has 0 spiro atoms. The van der Waals surface area contributed by atoms with E-state index in [0.717, 1.165) is 30.6 Å². The number of benzene rings is 1. The van der Waals surface area contributed by atoms with Gasteiger partial charge in [0.25, 0.3) is 5.91 Å². The van der Waals surface area contributed by atoms with Gasteiger partial charge in [-0.15, -0.1) is 11.8 Å². The Hall–Kier alpha value is -2.35. The molecule has 1 amide bonds. The number of amides is 1. The minimum absolute atomic E-state index is 0.0862. The zero-order chi connectivity index (χ0) is 19.5. The highest BCUT2D eigenvalue weighted by Gasteiger charge is 2.12. The molecule has 8 heteroatoms. The Morgan fingerprint density at radius 3 is 2.70 bits per heavy atom.